The van der Waals surface area contributed by atoms with Gasteiger partial charge in [0.1, 0.15) is 12.4 Å². The molecule has 0 saturated carbocycles. The van der Waals surface area contributed by atoms with Gasteiger partial charge in [0, 0.05) is 27.4 Å². The molecule has 1 aliphatic rings. The van der Waals surface area contributed by atoms with E-state index in [0.717, 1.165) is 16.9 Å². The summed E-state index contributed by atoms with van der Waals surface area (Å²) in [6.45, 7) is 4.72. The maximum atomic E-state index is 14.1. The molecular weight excluding hydrogens is 647 g/mol. The van der Waals surface area contributed by atoms with Gasteiger partial charge in [0.2, 0.25) is 0 Å². The second-order valence-electron chi connectivity index (χ2n) is 9.43. The lowest BCUT2D eigenvalue weighted by Crippen LogP contribution is -2.39. The van der Waals surface area contributed by atoms with Crippen molar-refractivity contribution in [2.75, 3.05) is 20.3 Å². The molecule has 44 heavy (non-hydrogen) atoms. The molecule has 228 valence electrons. The first kappa shape index (κ1) is 31.7. The summed E-state index contributed by atoms with van der Waals surface area (Å²) in [6, 6.07) is 15.0. The highest BCUT2D eigenvalue weighted by atomic mass is 35.5. The molecule has 2 heterocycles. The number of halogens is 3. The van der Waals surface area contributed by atoms with Crippen LogP contribution in [-0.2, 0) is 16.1 Å². The largest absolute Gasteiger partial charge is 0.490 e. The molecule has 3 aromatic carbocycles. The zero-order valence-corrected chi connectivity index (χ0v) is 27.0. The van der Waals surface area contributed by atoms with Crippen molar-refractivity contribution in [1.82, 2.24) is 4.57 Å². The Morgan fingerprint density at radius 2 is 1.73 bits per heavy atom. The molecule has 0 amide bonds. The molecule has 1 aliphatic heterocycles. The Hall–Kier alpha value is -3.76. The van der Waals surface area contributed by atoms with Crippen molar-refractivity contribution in [2.24, 2.45) is 4.99 Å². The van der Waals surface area contributed by atoms with E-state index in [-0.39, 0.29) is 22.8 Å². The minimum atomic E-state index is -0.838. The third-order valence-corrected chi connectivity index (χ3v) is 8.53. The zero-order valence-electron chi connectivity index (χ0n) is 23.9. The number of rotatable bonds is 10. The normalized spacial score (nSPS) is 14.4. The predicted octanol–water partition coefficient (Wildman–Crippen LogP) is 6.35. The van der Waals surface area contributed by atoms with Crippen molar-refractivity contribution in [3.05, 3.63) is 118 Å². The van der Waals surface area contributed by atoms with Crippen LogP contribution in [0.15, 0.2) is 76.2 Å². The van der Waals surface area contributed by atoms with Gasteiger partial charge in [-0.2, -0.15) is 0 Å². The van der Waals surface area contributed by atoms with E-state index in [0.29, 0.717) is 61.0 Å². The Kier molecular flexibility index (Phi) is 10.0. The number of carbonyl (C=O) groups is 1. The highest BCUT2D eigenvalue weighted by Gasteiger charge is 2.31. The zero-order chi connectivity index (χ0) is 31.4. The van der Waals surface area contributed by atoms with Crippen LogP contribution in [0.2, 0.25) is 15.1 Å². The molecule has 5 rings (SSSR count). The van der Waals surface area contributed by atoms with Gasteiger partial charge in [-0.05, 0) is 55.8 Å². The number of carbonyl (C=O) groups excluding carboxylic acids is 1. The summed E-state index contributed by atoms with van der Waals surface area (Å²) >= 11 is 20.4. The number of benzene rings is 3. The van der Waals surface area contributed by atoms with Crippen LogP contribution in [0.4, 0.5) is 0 Å². The Morgan fingerprint density at radius 1 is 0.977 bits per heavy atom. The Labute approximate surface area is 272 Å². The average molecular weight is 674 g/mol. The number of ether oxygens (including phenoxy) is 4. The molecule has 8 nitrogen and oxygen atoms in total. The lowest BCUT2D eigenvalue weighted by Gasteiger charge is -2.23. The van der Waals surface area contributed by atoms with Gasteiger partial charge in [0.15, 0.2) is 16.3 Å². The van der Waals surface area contributed by atoms with Crippen LogP contribution < -0.4 is 29.1 Å². The van der Waals surface area contributed by atoms with Gasteiger partial charge in [-0.3, -0.25) is 9.36 Å². The highest BCUT2D eigenvalue weighted by Crippen LogP contribution is 2.36. The van der Waals surface area contributed by atoms with Gasteiger partial charge in [0.05, 0.1) is 41.5 Å². The first-order valence-corrected chi connectivity index (χ1v) is 15.5. The Morgan fingerprint density at radius 3 is 2.45 bits per heavy atom. The monoisotopic (exact) mass is 672 g/mol. The summed E-state index contributed by atoms with van der Waals surface area (Å²) < 4.78 is 24.5. The molecule has 0 saturated heterocycles. The molecule has 0 unspecified atom stereocenters. The number of nitrogens with zero attached hydrogens (tertiary/aromatic N) is 2. The fraction of sp³-hybridized carbons (Fsp3) is 0.219. The summed E-state index contributed by atoms with van der Waals surface area (Å²) in [5.74, 6) is 0.763. The molecule has 0 radical (unpaired) electrons. The number of hydrogen-bond acceptors (Lipinski definition) is 8. The highest BCUT2D eigenvalue weighted by molar-refractivity contribution is 7.07. The summed E-state index contributed by atoms with van der Waals surface area (Å²) in [5.41, 5.74) is 1.68. The van der Waals surface area contributed by atoms with Crippen molar-refractivity contribution < 1.29 is 23.7 Å². The van der Waals surface area contributed by atoms with E-state index in [1.165, 1.54) is 17.9 Å². The topological polar surface area (TPSA) is 88.4 Å². The van der Waals surface area contributed by atoms with E-state index in [4.69, 9.17) is 53.8 Å². The van der Waals surface area contributed by atoms with Crippen LogP contribution in [-0.4, -0.2) is 30.9 Å². The Balaban J connectivity index is 1.63. The number of fused-ring (bicyclic) bond motifs is 1. The maximum absolute atomic E-state index is 14.1. The third kappa shape index (κ3) is 6.51. The van der Waals surface area contributed by atoms with Gasteiger partial charge in [-0.25, -0.2) is 9.79 Å². The molecule has 1 aromatic heterocycles. The summed E-state index contributed by atoms with van der Waals surface area (Å²) in [4.78, 5) is 31.8. The standard InChI is InChI=1S/C32H27Cl3N2O6S/c1-4-41-25-11-10-18(13-26(25)42-5-2)28-22(31(39)40-3)16-36-32-37(28)30(38)27(44-32)14-20-12-21(33)15-24(35)29(20)43-17-19-8-6-7-9-23(19)34/h6-16,28H,4-5,17H2,1-3H3/b27-14+/t28-/m1/s1. The van der Waals surface area contributed by atoms with Crippen molar-refractivity contribution in [3.8, 4) is 17.2 Å². The second kappa shape index (κ2) is 13.9. The molecule has 0 N–H and O–H groups in total. The number of methoxy groups -OCH3 is 1. The van der Waals surface area contributed by atoms with Crippen LogP contribution >= 0.6 is 46.1 Å². The smallest absolute Gasteiger partial charge is 0.337 e. The van der Waals surface area contributed by atoms with Gasteiger partial charge < -0.3 is 18.9 Å². The van der Waals surface area contributed by atoms with E-state index in [1.807, 2.05) is 32.0 Å². The van der Waals surface area contributed by atoms with E-state index in [2.05, 4.69) is 4.99 Å². The lowest BCUT2D eigenvalue weighted by atomic mass is 9.97. The van der Waals surface area contributed by atoms with E-state index in [9.17, 15) is 9.59 Å². The molecule has 0 spiro atoms. The number of aromatic nitrogens is 1. The van der Waals surface area contributed by atoms with Crippen molar-refractivity contribution in [1.29, 1.82) is 0 Å². The SMILES string of the molecule is CCOc1ccc([C@@H]2C(C(=O)OC)=CN=c3s/c(=C/c4cc(Cl)cc(Cl)c4OCc4ccccc4Cl)c(=O)n32)cc1OCC. The minimum absolute atomic E-state index is 0.144. The van der Waals surface area contributed by atoms with E-state index >= 15 is 0 Å². The van der Waals surface area contributed by atoms with Crippen molar-refractivity contribution >= 4 is 58.2 Å². The quantitative estimate of drug-likeness (QED) is 0.182. The van der Waals surface area contributed by atoms with E-state index < -0.39 is 12.0 Å². The first-order valence-electron chi connectivity index (χ1n) is 13.6. The molecule has 0 aliphatic carbocycles. The maximum Gasteiger partial charge on any atom is 0.337 e. The van der Waals surface area contributed by atoms with Gasteiger partial charge in [-0.15, -0.1) is 0 Å². The van der Waals surface area contributed by atoms with Crippen molar-refractivity contribution in [3.63, 3.8) is 0 Å². The number of esters is 1. The van der Waals surface area contributed by atoms with Crippen LogP contribution in [0.5, 0.6) is 17.2 Å². The fourth-order valence-electron chi connectivity index (χ4n) is 4.73. The number of hydrogen-bond donors (Lipinski definition) is 0. The van der Waals surface area contributed by atoms with Gasteiger partial charge in [0.25, 0.3) is 5.56 Å². The predicted molar refractivity (Wildman–Crippen MR) is 172 cm³/mol. The summed E-state index contributed by atoms with van der Waals surface area (Å²) in [5, 5.41) is 1.19. The molecule has 0 fully saturated rings. The summed E-state index contributed by atoms with van der Waals surface area (Å²) in [6.07, 6.45) is 3.07. The van der Waals surface area contributed by atoms with Gasteiger partial charge in [-0.1, -0.05) is 70.4 Å². The van der Waals surface area contributed by atoms with Crippen LogP contribution in [0.3, 0.4) is 0 Å². The third-order valence-electron chi connectivity index (χ3n) is 6.66. The first-order chi connectivity index (χ1) is 21.2. The molecule has 12 heteroatoms. The lowest BCUT2D eigenvalue weighted by molar-refractivity contribution is -0.136. The fourth-order valence-corrected chi connectivity index (χ4v) is 6.45. The van der Waals surface area contributed by atoms with Crippen molar-refractivity contribution in [2.45, 2.75) is 26.5 Å². The summed E-state index contributed by atoms with van der Waals surface area (Å²) in [7, 11) is 1.28. The average Bonchev–Trinajstić information content (AvgIpc) is 3.32. The van der Waals surface area contributed by atoms with Crippen LogP contribution in [0.25, 0.3) is 6.08 Å². The number of thiazole rings is 1. The van der Waals surface area contributed by atoms with Gasteiger partial charge >= 0.3 is 5.97 Å². The minimum Gasteiger partial charge on any atom is -0.490 e. The van der Waals surface area contributed by atoms with E-state index in [1.54, 1.807) is 42.5 Å². The molecular formula is C32H27Cl3N2O6S. The Bertz CT molecular complexity index is 1940. The van der Waals surface area contributed by atoms with Crippen LogP contribution in [0, 0.1) is 0 Å². The molecule has 1 atom stereocenters. The molecule has 0 bridgehead atoms. The molecule has 4 aromatic rings. The second-order valence-corrected chi connectivity index (χ2v) is 11.7. The van der Waals surface area contributed by atoms with Crippen LogP contribution in [0.1, 0.15) is 36.6 Å².